The number of allylic oxidation sites excluding steroid dienone is 1. The third-order valence-electron chi connectivity index (χ3n) is 5.26. The van der Waals surface area contributed by atoms with Gasteiger partial charge in [0.25, 0.3) is 0 Å². The second kappa shape index (κ2) is 3.96. The summed E-state index contributed by atoms with van der Waals surface area (Å²) >= 11 is 0. The highest BCUT2D eigenvalue weighted by Gasteiger charge is 2.47. The van der Waals surface area contributed by atoms with Gasteiger partial charge in [-0.05, 0) is 61.3 Å². The predicted octanol–water partition coefficient (Wildman–Crippen LogP) is 3.74. The Bertz CT molecular complexity index is 526. The van der Waals surface area contributed by atoms with Gasteiger partial charge < -0.3 is 5.11 Å². The maximum Gasteiger partial charge on any atom is 0.0649 e. The van der Waals surface area contributed by atoms with Crippen LogP contribution in [0.2, 0.25) is 0 Å². The van der Waals surface area contributed by atoms with Gasteiger partial charge in [0, 0.05) is 5.41 Å². The number of fused-ring (bicyclic) bond motifs is 3. The van der Waals surface area contributed by atoms with Crippen LogP contribution in [0.25, 0.3) is 0 Å². The van der Waals surface area contributed by atoms with Crippen LogP contribution in [0.5, 0.6) is 0 Å². The summed E-state index contributed by atoms with van der Waals surface area (Å²) in [6.07, 6.45) is 3.48. The summed E-state index contributed by atoms with van der Waals surface area (Å²) in [5.41, 5.74) is 7.38. The fourth-order valence-electron chi connectivity index (χ4n) is 4.33. The molecule has 1 aromatic carbocycles. The Morgan fingerprint density at radius 1 is 1.33 bits per heavy atom. The fraction of sp³-hybridized carbons (Fsp3) is 0.529. The van der Waals surface area contributed by atoms with Crippen LogP contribution >= 0.6 is 0 Å². The van der Waals surface area contributed by atoms with Gasteiger partial charge in [-0.15, -0.1) is 0 Å². The molecule has 0 saturated carbocycles. The van der Waals surface area contributed by atoms with Gasteiger partial charge in [0.1, 0.15) is 0 Å². The molecular formula is C17H22O. The average Bonchev–Trinajstić information content (AvgIpc) is 2.62. The van der Waals surface area contributed by atoms with Crippen molar-refractivity contribution in [2.75, 3.05) is 6.61 Å². The number of benzene rings is 1. The molecule has 0 aliphatic heterocycles. The average molecular weight is 242 g/mol. The molecule has 2 aliphatic rings. The molecule has 18 heavy (non-hydrogen) atoms. The van der Waals surface area contributed by atoms with E-state index in [1.807, 2.05) is 0 Å². The summed E-state index contributed by atoms with van der Waals surface area (Å²) in [6.45, 7) is 7.01. The molecule has 0 amide bonds. The standard InChI is InChI=1S/C17H22O/c1-11-7-8-14-16-12(2)5-4-6-13(16)9-17(14,3)15(11)10-18/h4-6,14,18H,7-10H2,1-3H3/t14-,17+/m1/s1. The van der Waals surface area contributed by atoms with E-state index in [1.54, 1.807) is 5.56 Å². The summed E-state index contributed by atoms with van der Waals surface area (Å²) in [6, 6.07) is 6.68. The molecule has 1 aromatic rings. The van der Waals surface area contributed by atoms with E-state index in [4.69, 9.17) is 0 Å². The first kappa shape index (κ1) is 12.0. The van der Waals surface area contributed by atoms with Crippen molar-refractivity contribution in [3.05, 3.63) is 46.0 Å². The lowest BCUT2D eigenvalue weighted by atomic mass is 9.65. The molecular weight excluding hydrogens is 220 g/mol. The van der Waals surface area contributed by atoms with Gasteiger partial charge in [-0.1, -0.05) is 30.7 Å². The Kier molecular flexibility index (Phi) is 2.63. The number of hydrogen-bond donors (Lipinski definition) is 1. The molecule has 96 valence electrons. The second-order valence-corrected chi connectivity index (χ2v) is 6.25. The normalized spacial score (nSPS) is 30.3. The molecule has 0 bridgehead atoms. The minimum atomic E-state index is 0.158. The van der Waals surface area contributed by atoms with Crippen LogP contribution < -0.4 is 0 Å². The predicted molar refractivity (Wildman–Crippen MR) is 74.8 cm³/mol. The van der Waals surface area contributed by atoms with Crippen molar-refractivity contribution in [3.8, 4) is 0 Å². The maximum atomic E-state index is 9.76. The van der Waals surface area contributed by atoms with E-state index in [-0.39, 0.29) is 12.0 Å². The first-order chi connectivity index (χ1) is 8.58. The first-order valence-electron chi connectivity index (χ1n) is 6.96. The first-order valence-corrected chi connectivity index (χ1v) is 6.96. The van der Waals surface area contributed by atoms with Crippen molar-refractivity contribution < 1.29 is 5.11 Å². The molecule has 0 unspecified atom stereocenters. The SMILES string of the molecule is CC1=C(CO)[C@@]2(C)Cc3cccc(C)c3[C@H]2CC1. The second-order valence-electron chi connectivity index (χ2n) is 6.25. The Balaban J connectivity index is 2.16. The molecule has 0 saturated heterocycles. The lowest BCUT2D eigenvalue weighted by molar-refractivity contribution is 0.234. The van der Waals surface area contributed by atoms with E-state index in [0.29, 0.717) is 5.92 Å². The van der Waals surface area contributed by atoms with Gasteiger partial charge in [-0.3, -0.25) is 0 Å². The van der Waals surface area contributed by atoms with Crippen LogP contribution in [0, 0.1) is 12.3 Å². The summed E-state index contributed by atoms with van der Waals surface area (Å²) in [4.78, 5) is 0. The largest absolute Gasteiger partial charge is 0.392 e. The molecule has 0 heterocycles. The topological polar surface area (TPSA) is 20.2 Å². The number of aliphatic hydroxyl groups is 1. The summed E-state index contributed by atoms with van der Waals surface area (Å²) < 4.78 is 0. The molecule has 1 nitrogen and oxygen atoms in total. The molecule has 0 spiro atoms. The summed E-state index contributed by atoms with van der Waals surface area (Å²) in [5.74, 6) is 0.611. The van der Waals surface area contributed by atoms with Crippen molar-refractivity contribution in [1.29, 1.82) is 0 Å². The quantitative estimate of drug-likeness (QED) is 0.744. The zero-order chi connectivity index (χ0) is 12.9. The van der Waals surface area contributed by atoms with Crippen LogP contribution in [-0.4, -0.2) is 11.7 Å². The van der Waals surface area contributed by atoms with E-state index < -0.39 is 0 Å². The van der Waals surface area contributed by atoms with Gasteiger partial charge in [-0.2, -0.15) is 0 Å². The van der Waals surface area contributed by atoms with Gasteiger partial charge in [0.2, 0.25) is 0 Å². The van der Waals surface area contributed by atoms with Gasteiger partial charge >= 0.3 is 0 Å². The molecule has 0 radical (unpaired) electrons. The third kappa shape index (κ3) is 1.43. The van der Waals surface area contributed by atoms with Crippen molar-refractivity contribution in [1.82, 2.24) is 0 Å². The van der Waals surface area contributed by atoms with Crippen LogP contribution in [-0.2, 0) is 6.42 Å². The number of hydrogen-bond acceptors (Lipinski definition) is 1. The van der Waals surface area contributed by atoms with E-state index in [9.17, 15) is 5.11 Å². The molecule has 0 fully saturated rings. The smallest absolute Gasteiger partial charge is 0.0649 e. The highest BCUT2D eigenvalue weighted by Crippen LogP contribution is 2.57. The van der Waals surface area contributed by atoms with Crippen molar-refractivity contribution in [3.63, 3.8) is 0 Å². The van der Waals surface area contributed by atoms with E-state index in [1.165, 1.54) is 28.7 Å². The van der Waals surface area contributed by atoms with Gasteiger partial charge in [0.15, 0.2) is 0 Å². The lowest BCUT2D eigenvalue weighted by Crippen LogP contribution is -2.31. The van der Waals surface area contributed by atoms with E-state index >= 15 is 0 Å². The molecule has 1 heteroatoms. The molecule has 3 rings (SSSR count). The van der Waals surface area contributed by atoms with Crippen LogP contribution in [0.3, 0.4) is 0 Å². The summed E-state index contributed by atoms with van der Waals surface area (Å²) in [7, 11) is 0. The van der Waals surface area contributed by atoms with Crippen LogP contribution in [0.4, 0.5) is 0 Å². The Morgan fingerprint density at radius 3 is 2.83 bits per heavy atom. The van der Waals surface area contributed by atoms with Gasteiger partial charge in [0.05, 0.1) is 6.61 Å². The molecule has 2 atom stereocenters. The molecule has 1 N–H and O–H groups in total. The third-order valence-corrected chi connectivity index (χ3v) is 5.26. The zero-order valence-electron chi connectivity index (χ0n) is 11.6. The van der Waals surface area contributed by atoms with Crippen LogP contribution in [0.1, 0.15) is 49.3 Å². The van der Waals surface area contributed by atoms with Crippen LogP contribution in [0.15, 0.2) is 29.3 Å². The lowest BCUT2D eigenvalue weighted by Gasteiger charge is -2.40. The molecule has 0 aromatic heterocycles. The number of aliphatic hydroxyl groups excluding tert-OH is 1. The maximum absolute atomic E-state index is 9.76. The summed E-state index contributed by atoms with van der Waals surface area (Å²) in [5, 5.41) is 9.76. The minimum absolute atomic E-state index is 0.158. The van der Waals surface area contributed by atoms with E-state index in [2.05, 4.69) is 39.0 Å². The Morgan fingerprint density at radius 2 is 2.11 bits per heavy atom. The Hall–Kier alpha value is -1.08. The van der Waals surface area contributed by atoms with Crippen molar-refractivity contribution >= 4 is 0 Å². The minimum Gasteiger partial charge on any atom is -0.392 e. The number of rotatable bonds is 1. The highest BCUT2D eigenvalue weighted by atomic mass is 16.3. The monoisotopic (exact) mass is 242 g/mol. The zero-order valence-corrected chi connectivity index (χ0v) is 11.6. The fourth-order valence-corrected chi connectivity index (χ4v) is 4.33. The molecule has 2 aliphatic carbocycles. The van der Waals surface area contributed by atoms with Crippen molar-refractivity contribution in [2.45, 2.75) is 46.0 Å². The van der Waals surface area contributed by atoms with Crippen molar-refractivity contribution in [2.24, 2.45) is 5.41 Å². The highest BCUT2D eigenvalue weighted by molar-refractivity contribution is 5.49. The van der Waals surface area contributed by atoms with Gasteiger partial charge in [-0.25, -0.2) is 0 Å². The number of aryl methyl sites for hydroxylation is 1. The van der Waals surface area contributed by atoms with E-state index in [0.717, 1.165) is 12.8 Å². The Labute approximate surface area is 110 Å².